The van der Waals surface area contributed by atoms with E-state index >= 15 is 0 Å². The van der Waals surface area contributed by atoms with Crippen molar-refractivity contribution in [1.29, 1.82) is 0 Å². The molecule has 0 spiro atoms. The third-order valence-electron chi connectivity index (χ3n) is 3.60. The molecule has 0 radical (unpaired) electrons. The van der Waals surface area contributed by atoms with Crippen LogP contribution in [0.15, 0.2) is 46.9 Å². The van der Waals surface area contributed by atoms with Crippen LogP contribution in [0, 0.1) is 12.7 Å². The van der Waals surface area contributed by atoms with Crippen molar-refractivity contribution in [2.75, 3.05) is 7.05 Å². The van der Waals surface area contributed by atoms with Gasteiger partial charge in [-0.1, -0.05) is 23.7 Å². The van der Waals surface area contributed by atoms with Gasteiger partial charge < -0.3 is 9.73 Å². The van der Waals surface area contributed by atoms with Crippen molar-refractivity contribution in [2.24, 2.45) is 0 Å². The zero-order valence-corrected chi connectivity index (χ0v) is 12.5. The molecule has 1 aromatic heterocycles. The highest BCUT2D eigenvalue weighted by molar-refractivity contribution is 6.31. The molecule has 0 saturated carbocycles. The lowest BCUT2D eigenvalue weighted by atomic mass is 10.0. The van der Waals surface area contributed by atoms with Crippen LogP contribution in [0.2, 0.25) is 5.02 Å². The first-order valence-corrected chi connectivity index (χ1v) is 7.08. The maximum absolute atomic E-state index is 13.8. The van der Waals surface area contributed by atoms with E-state index in [0.717, 1.165) is 22.3 Å². The predicted octanol–water partition coefficient (Wildman–Crippen LogP) is 4.84. The molecule has 0 aliphatic heterocycles. The highest BCUT2D eigenvalue weighted by Gasteiger charge is 2.18. The van der Waals surface area contributed by atoms with Crippen LogP contribution in [0.4, 0.5) is 4.39 Å². The Bertz CT molecular complexity index is 797. The first kappa shape index (κ1) is 14.1. The van der Waals surface area contributed by atoms with E-state index in [4.69, 9.17) is 16.0 Å². The van der Waals surface area contributed by atoms with Gasteiger partial charge in [0.05, 0.1) is 6.04 Å². The molecule has 0 fully saturated rings. The van der Waals surface area contributed by atoms with Gasteiger partial charge in [-0.25, -0.2) is 4.39 Å². The van der Waals surface area contributed by atoms with Crippen LogP contribution in [-0.2, 0) is 0 Å². The van der Waals surface area contributed by atoms with Gasteiger partial charge in [-0.2, -0.15) is 0 Å². The molecule has 1 N–H and O–H groups in total. The SMILES string of the molecule is CNC(c1ccc(C)c(F)c1)c1cc2cc(Cl)ccc2o1. The third-order valence-corrected chi connectivity index (χ3v) is 3.83. The van der Waals surface area contributed by atoms with Crippen molar-refractivity contribution in [3.05, 3.63) is 70.2 Å². The Morgan fingerprint density at radius 2 is 1.95 bits per heavy atom. The molecule has 1 unspecified atom stereocenters. The zero-order valence-electron chi connectivity index (χ0n) is 11.8. The normalized spacial score (nSPS) is 12.8. The molecule has 0 bridgehead atoms. The van der Waals surface area contributed by atoms with Crippen LogP contribution < -0.4 is 5.32 Å². The molecule has 2 aromatic carbocycles. The molecule has 3 rings (SSSR count). The Morgan fingerprint density at radius 3 is 2.67 bits per heavy atom. The summed E-state index contributed by atoms with van der Waals surface area (Å²) in [6.07, 6.45) is 0. The minimum Gasteiger partial charge on any atom is -0.459 e. The lowest BCUT2D eigenvalue weighted by Crippen LogP contribution is -2.17. The Kier molecular flexibility index (Phi) is 3.70. The van der Waals surface area contributed by atoms with Gasteiger partial charge in [0, 0.05) is 10.4 Å². The molecule has 3 aromatic rings. The summed E-state index contributed by atoms with van der Waals surface area (Å²) in [5, 5.41) is 4.76. The van der Waals surface area contributed by atoms with E-state index in [2.05, 4.69) is 5.32 Å². The predicted molar refractivity (Wildman–Crippen MR) is 83.3 cm³/mol. The summed E-state index contributed by atoms with van der Waals surface area (Å²) >= 11 is 5.99. The highest BCUT2D eigenvalue weighted by Crippen LogP contribution is 2.30. The van der Waals surface area contributed by atoms with Gasteiger partial charge in [-0.15, -0.1) is 0 Å². The number of rotatable bonds is 3. The molecular formula is C17H15ClFNO. The number of benzene rings is 2. The summed E-state index contributed by atoms with van der Waals surface area (Å²) in [5.74, 6) is 0.518. The zero-order chi connectivity index (χ0) is 15.0. The first-order valence-electron chi connectivity index (χ1n) is 6.71. The van der Waals surface area contributed by atoms with E-state index in [1.54, 1.807) is 19.1 Å². The van der Waals surface area contributed by atoms with Gasteiger partial charge in [-0.05, 0) is 55.4 Å². The van der Waals surface area contributed by atoms with E-state index in [1.165, 1.54) is 6.07 Å². The van der Waals surface area contributed by atoms with E-state index in [1.807, 2.05) is 31.3 Å². The first-order chi connectivity index (χ1) is 10.1. The van der Waals surface area contributed by atoms with E-state index in [-0.39, 0.29) is 11.9 Å². The minimum absolute atomic E-state index is 0.203. The van der Waals surface area contributed by atoms with Gasteiger partial charge in [0.25, 0.3) is 0 Å². The van der Waals surface area contributed by atoms with Crippen molar-refractivity contribution >= 4 is 22.6 Å². The molecule has 1 heterocycles. The smallest absolute Gasteiger partial charge is 0.134 e. The monoisotopic (exact) mass is 303 g/mol. The molecule has 2 nitrogen and oxygen atoms in total. The summed E-state index contributed by atoms with van der Waals surface area (Å²) in [6, 6.07) is 12.4. The lowest BCUT2D eigenvalue weighted by Gasteiger charge is -2.14. The number of nitrogens with one attached hydrogen (secondary N) is 1. The molecule has 0 amide bonds. The number of fused-ring (bicyclic) bond motifs is 1. The Balaban J connectivity index is 2.06. The van der Waals surface area contributed by atoms with Crippen molar-refractivity contribution in [2.45, 2.75) is 13.0 Å². The van der Waals surface area contributed by atoms with E-state index in [0.29, 0.717) is 10.6 Å². The molecule has 1 atom stereocenters. The summed E-state index contributed by atoms with van der Waals surface area (Å²) in [7, 11) is 1.82. The van der Waals surface area contributed by atoms with E-state index < -0.39 is 0 Å². The summed E-state index contributed by atoms with van der Waals surface area (Å²) in [4.78, 5) is 0. The highest BCUT2D eigenvalue weighted by atomic mass is 35.5. The fourth-order valence-electron chi connectivity index (χ4n) is 2.44. The Hall–Kier alpha value is -1.84. The Labute approximate surface area is 127 Å². The van der Waals surface area contributed by atoms with Crippen LogP contribution in [0.25, 0.3) is 11.0 Å². The largest absolute Gasteiger partial charge is 0.459 e. The topological polar surface area (TPSA) is 25.2 Å². The average molecular weight is 304 g/mol. The molecule has 108 valence electrons. The second kappa shape index (κ2) is 5.51. The fraction of sp³-hybridized carbons (Fsp3) is 0.176. The average Bonchev–Trinajstić information content (AvgIpc) is 2.86. The second-order valence-electron chi connectivity index (χ2n) is 5.06. The third kappa shape index (κ3) is 2.67. The number of hydrogen-bond donors (Lipinski definition) is 1. The summed E-state index contributed by atoms with van der Waals surface area (Å²) < 4.78 is 19.6. The standard InChI is InChI=1S/C17H15ClFNO/c1-10-3-4-11(8-14(10)19)17(20-2)16-9-12-7-13(18)5-6-15(12)21-16/h3-9,17,20H,1-2H3. The van der Waals surface area contributed by atoms with Crippen molar-refractivity contribution in [3.8, 4) is 0 Å². The Morgan fingerprint density at radius 1 is 1.14 bits per heavy atom. The molecular weight excluding hydrogens is 289 g/mol. The van der Waals surface area contributed by atoms with Gasteiger partial charge in [0.15, 0.2) is 0 Å². The van der Waals surface area contributed by atoms with Crippen LogP contribution >= 0.6 is 11.6 Å². The van der Waals surface area contributed by atoms with Crippen LogP contribution in [0.1, 0.15) is 22.9 Å². The van der Waals surface area contributed by atoms with Crippen molar-refractivity contribution in [3.63, 3.8) is 0 Å². The fourth-order valence-corrected chi connectivity index (χ4v) is 2.62. The van der Waals surface area contributed by atoms with Crippen molar-refractivity contribution < 1.29 is 8.81 Å². The maximum Gasteiger partial charge on any atom is 0.134 e. The molecule has 21 heavy (non-hydrogen) atoms. The molecule has 0 aliphatic carbocycles. The van der Waals surface area contributed by atoms with Crippen LogP contribution in [0.5, 0.6) is 0 Å². The van der Waals surface area contributed by atoms with Crippen LogP contribution in [0.3, 0.4) is 0 Å². The van der Waals surface area contributed by atoms with Crippen molar-refractivity contribution in [1.82, 2.24) is 5.32 Å². The molecule has 0 saturated heterocycles. The summed E-state index contributed by atoms with van der Waals surface area (Å²) in [6.45, 7) is 1.75. The van der Waals surface area contributed by atoms with Gasteiger partial charge in [0.1, 0.15) is 17.2 Å². The minimum atomic E-state index is -0.216. The van der Waals surface area contributed by atoms with E-state index in [9.17, 15) is 4.39 Å². The summed E-state index contributed by atoms with van der Waals surface area (Å²) in [5.41, 5.74) is 2.22. The van der Waals surface area contributed by atoms with Gasteiger partial charge in [0.2, 0.25) is 0 Å². The van der Waals surface area contributed by atoms with Crippen LogP contribution in [-0.4, -0.2) is 7.05 Å². The number of halogens is 2. The molecule has 0 aliphatic rings. The number of hydrogen-bond acceptors (Lipinski definition) is 2. The van der Waals surface area contributed by atoms with Gasteiger partial charge in [-0.3, -0.25) is 0 Å². The number of furan rings is 1. The quantitative estimate of drug-likeness (QED) is 0.749. The maximum atomic E-state index is 13.8. The number of aryl methyl sites for hydroxylation is 1. The molecule has 4 heteroatoms. The lowest BCUT2D eigenvalue weighted by molar-refractivity contribution is 0.489. The van der Waals surface area contributed by atoms with Gasteiger partial charge >= 0.3 is 0 Å². The second-order valence-corrected chi connectivity index (χ2v) is 5.50.